The van der Waals surface area contributed by atoms with Gasteiger partial charge in [-0.1, -0.05) is 36.4 Å². The first-order valence-corrected chi connectivity index (χ1v) is 8.74. The predicted octanol–water partition coefficient (Wildman–Crippen LogP) is 3.48. The Balaban J connectivity index is 0.00000225. The molecule has 0 spiro atoms. The molecule has 0 fully saturated rings. The van der Waals surface area contributed by atoms with Crippen LogP contribution in [0.4, 0.5) is 0 Å². The Bertz CT molecular complexity index is 768. The fourth-order valence-electron chi connectivity index (χ4n) is 2.40. The number of nitrogens with zero attached hydrogens (tertiary/aromatic N) is 3. The lowest BCUT2D eigenvalue weighted by Crippen LogP contribution is -2.36. The quantitative estimate of drug-likeness (QED) is 0.332. The van der Waals surface area contributed by atoms with Gasteiger partial charge in [0, 0.05) is 30.9 Å². The lowest BCUT2D eigenvalue weighted by Gasteiger charge is -2.12. The van der Waals surface area contributed by atoms with Crippen molar-refractivity contribution in [3.63, 3.8) is 0 Å². The summed E-state index contributed by atoms with van der Waals surface area (Å²) in [4.78, 5) is 9.99. The Morgan fingerprint density at radius 1 is 1.12 bits per heavy atom. The van der Waals surface area contributed by atoms with E-state index < -0.39 is 0 Å². The molecule has 0 saturated heterocycles. The van der Waals surface area contributed by atoms with Gasteiger partial charge in [0.2, 0.25) is 0 Å². The van der Waals surface area contributed by atoms with Gasteiger partial charge in [0.15, 0.2) is 5.96 Å². The van der Waals surface area contributed by atoms with E-state index in [1.54, 1.807) is 18.4 Å². The highest BCUT2D eigenvalue weighted by Gasteiger charge is 2.05. The number of aromatic nitrogens is 2. The molecule has 0 aliphatic rings. The van der Waals surface area contributed by atoms with E-state index in [1.165, 1.54) is 10.4 Å². The Hall–Kier alpha value is -1.87. The fourth-order valence-corrected chi connectivity index (χ4v) is 3.04. The van der Waals surface area contributed by atoms with Crippen LogP contribution >= 0.6 is 35.3 Å². The molecule has 1 aromatic carbocycles. The minimum absolute atomic E-state index is 0. The number of halogens is 1. The van der Waals surface area contributed by atoms with Crippen LogP contribution in [0, 0.1) is 0 Å². The van der Waals surface area contributed by atoms with Crippen LogP contribution in [0.15, 0.2) is 65.2 Å². The standard InChI is InChI=1S/C18H21N5S.HI/c1-19-18(21-12-16-8-5-11-24-16)22-13-17-20-9-10-23(17)14-15-6-3-2-4-7-15;/h2-11H,12-14H2,1H3,(H2,19,21,22);1H. The third kappa shape index (κ3) is 5.86. The lowest BCUT2D eigenvalue weighted by atomic mass is 10.2. The van der Waals surface area contributed by atoms with Crippen LogP contribution in [-0.2, 0) is 19.6 Å². The van der Waals surface area contributed by atoms with Crippen LogP contribution in [0.5, 0.6) is 0 Å². The first kappa shape index (κ1) is 19.5. The van der Waals surface area contributed by atoms with E-state index in [1.807, 2.05) is 18.5 Å². The van der Waals surface area contributed by atoms with Crippen LogP contribution in [0.1, 0.15) is 16.3 Å². The number of aliphatic imine (C=N–C) groups is 1. The molecule has 5 nitrogen and oxygen atoms in total. The molecule has 0 aliphatic heterocycles. The van der Waals surface area contributed by atoms with E-state index in [2.05, 4.69) is 67.0 Å². The highest BCUT2D eigenvalue weighted by molar-refractivity contribution is 14.0. The number of imidazole rings is 1. The van der Waals surface area contributed by atoms with Crippen molar-refractivity contribution in [2.45, 2.75) is 19.6 Å². The topological polar surface area (TPSA) is 54.2 Å². The monoisotopic (exact) mass is 467 g/mol. The molecule has 0 radical (unpaired) electrons. The second-order valence-corrected chi connectivity index (χ2v) is 6.35. The number of guanidine groups is 1. The summed E-state index contributed by atoms with van der Waals surface area (Å²) < 4.78 is 2.15. The molecule has 0 amide bonds. The predicted molar refractivity (Wildman–Crippen MR) is 115 cm³/mol. The molecule has 0 bridgehead atoms. The zero-order valence-corrected chi connectivity index (χ0v) is 17.2. The summed E-state index contributed by atoms with van der Waals surface area (Å²) in [5, 5.41) is 8.71. The summed E-state index contributed by atoms with van der Waals surface area (Å²) in [6.07, 6.45) is 3.84. The maximum atomic E-state index is 4.45. The second-order valence-electron chi connectivity index (χ2n) is 5.32. The van der Waals surface area contributed by atoms with Gasteiger partial charge < -0.3 is 15.2 Å². The van der Waals surface area contributed by atoms with Crippen molar-refractivity contribution < 1.29 is 0 Å². The van der Waals surface area contributed by atoms with Crippen molar-refractivity contribution in [1.82, 2.24) is 20.2 Å². The van der Waals surface area contributed by atoms with E-state index in [9.17, 15) is 0 Å². The molecule has 3 aromatic rings. The molecule has 2 heterocycles. The van der Waals surface area contributed by atoms with Gasteiger partial charge >= 0.3 is 0 Å². The first-order chi connectivity index (χ1) is 11.8. The van der Waals surface area contributed by atoms with Crippen molar-refractivity contribution in [1.29, 1.82) is 0 Å². The molecule has 0 unspecified atom stereocenters. The maximum Gasteiger partial charge on any atom is 0.191 e. The van der Waals surface area contributed by atoms with Crippen molar-refractivity contribution >= 4 is 41.3 Å². The molecule has 3 rings (SSSR count). The van der Waals surface area contributed by atoms with Gasteiger partial charge in [-0.3, -0.25) is 4.99 Å². The SMILES string of the molecule is CN=C(NCc1cccs1)NCc1nccn1Cc1ccccc1.I. The highest BCUT2D eigenvalue weighted by atomic mass is 127. The summed E-state index contributed by atoms with van der Waals surface area (Å²) in [6.45, 7) is 2.22. The third-order valence-corrected chi connectivity index (χ3v) is 4.52. The van der Waals surface area contributed by atoms with E-state index >= 15 is 0 Å². The van der Waals surface area contributed by atoms with Gasteiger partial charge in [-0.15, -0.1) is 35.3 Å². The molecule has 25 heavy (non-hydrogen) atoms. The van der Waals surface area contributed by atoms with Gasteiger partial charge in [0.25, 0.3) is 0 Å². The van der Waals surface area contributed by atoms with Crippen LogP contribution < -0.4 is 10.6 Å². The van der Waals surface area contributed by atoms with Crippen molar-refractivity contribution in [2.75, 3.05) is 7.05 Å². The van der Waals surface area contributed by atoms with Gasteiger partial charge in [0.1, 0.15) is 5.82 Å². The molecule has 2 N–H and O–H groups in total. The molecule has 0 saturated carbocycles. The smallest absolute Gasteiger partial charge is 0.191 e. The number of benzene rings is 1. The van der Waals surface area contributed by atoms with Crippen LogP contribution in [0.2, 0.25) is 0 Å². The third-order valence-electron chi connectivity index (χ3n) is 3.65. The minimum atomic E-state index is 0. The molecular formula is C18H22IN5S. The number of rotatable bonds is 6. The van der Waals surface area contributed by atoms with E-state index in [0.29, 0.717) is 6.54 Å². The van der Waals surface area contributed by atoms with E-state index in [0.717, 1.165) is 24.9 Å². The summed E-state index contributed by atoms with van der Waals surface area (Å²) in [7, 11) is 1.78. The number of hydrogen-bond donors (Lipinski definition) is 2. The Morgan fingerprint density at radius 2 is 1.92 bits per heavy atom. The Kier molecular flexibility index (Phi) is 7.93. The number of nitrogens with one attached hydrogen (secondary N) is 2. The normalized spacial score (nSPS) is 11.0. The molecule has 2 aromatic heterocycles. The second kappa shape index (κ2) is 10.2. The lowest BCUT2D eigenvalue weighted by molar-refractivity contribution is 0.688. The zero-order valence-electron chi connectivity index (χ0n) is 14.1. The molecule has 7 heteroatoms. The highest BCUT2D eigenvalue weighted by Crippen LogP contribution is 2.07. The number of thiophene rings is 1. The fraction of sp³-hybridized carbons (Fsp3) is 0.222. The molecule has 0 atom stereocenters. The van der Waals surface area contributed by atoms with Gasteiger partial charge in [-0.2, -0.15) is 0 Å². The summed E-state index contributed by atoms with van der Waals surface area (Å²) >= 11 is 1.73. The number of hydrogen-bond acceptors (Lipinski definition) is 3. The maximum absolute atomic E-state index is 4.45. The largest absolute Gasteiger partial charge is 0.352 e. The van der Waals surface area contributed by atoms with Crippen molar-refractivity contribution in [3.8, 4) is 0 Å². The van der Waals surface area contributed by atoms with Crippen molar-refractivity contribution in [2.24, 2.45) is 4.99 Å². The van der Waals surface area contributed by atoms with E-state index in [4.69, 9.17) is 0 Å². The first-order valence-electron chi connectivity index (χ1n) is 7.86. The average Bonchev–Trinajstić information content (AvgIpc) is 3.28. The van der Waals surface area contributed by atoms with Crippen molar-refractivity contribution in [3.05, 3.63) is 76.5 Å². The minimum Gasteiger partial charge on any atom is -0.352 e. The van der Waals surface area contributed by atoms with E-state index in [-0.39, 0.29) is 24.0 Å². The Morgan fingerprint density at radius 3 is 2.64 bits per heavy atom. The van der Waals surface area contributed by atoms with Crippen LogP contribution in [0.25, 0.3) is 0 Å². The van der Waals surface area contributed by atoms with Gasteiger partial charge in [-0.25, -0.2) is 4.98 Å². The van der Waals surface area contributed by atoms with Gasteiger partial charge in [-0.05, 0) is 17.0 Å². The summed E-state index contributed by atoms with van der Waals surface area (Å²) in [5.41, 5.74) is 1.26. The van der Waals surface area contributed by atoms with Crippen LogP contribution in [0.3, 0.4) is 0 Å². The average molecular weight is 467 g/mol. The molecular weight excluding hydrogens is 445 g/mol. The Labute approximate surface area is 169 Å². The zero-order chi connectivity index (χ0) is 16.6. The summed E-state index contributed by atoms with van der Waals surface area (Å²) in [6, 6.07) is 14.6. The molecule has 0 aliphatic carbocycles. The van der Waals surface area contributed by atoms with Gasteiger partial charge in [0.05, 0.1) is 13.1 Å². The molecule has 132 valence electrons. The summed E-state index contributed by atoms with van der Waals surface area (Å²) in [5.74, 6) is 1.76. The van der Waals surface area contributed by atoms with Crippen LogP contribution in [-0.4, -0.2) is 22.6 Å².